The van der Waals surface area contributed by atoms with Crippen molar-refractivity contribution in [3.05, 3.63) is 16.4 Å². The lowest BCUT2D eigenvalue weighted by atomic mass is 10.1. The van der Waals surface area contributed by atoms with Gasteiger partial charge < -0.3 is 20.0 Å². The Morgan fingerprint density at radius 3 is 2.89 bits per heavy atom. The molecule has 0 spiro atoms. The second kappa shape index (κ2) is 5.73. The monoisotopic (exact) mass is 315 g/mol. The molecule has 6 nitrogen and oxygen atoms in total. The summed E-state index contributed by atoms with van der Waals surface area (Å²) in [4.78, 5) is 0. The molecule has 2 heterocycles. The molecular weight excluding hydrogens is 298 g/mol. The molecule has 0 saturated carbocycles. The van der Waals surface area contributed by atoms with Crippen LogP contribution in [0, 0.1) is 5.41 Å². The Kier molecular flexibility index (Phi) is 4.26. The number of hydrogen-bond acceptors (Lipinski definition) is 5. The fraction of sp³-hybridized carbons (Fsp3) is 0.545. The van der Waals surface area contributed by atoms with Gasteiger partial charge in [0, 0.05) is 13.2 Å². The van der Waals surface area contributed by atoms with E-state index in [-0.39, 0.29) is 12.0 Å². The maximum Gasteiger partial charge on any atom is 0.232 e. The molecular formula is C11H18BrN5O. The number of aromatic nitrogens is 1. The summed E-state index contributed by atoms with van der Waals surface area (Å²) >= 11 is 3.40. The Labute approximate surface area is 114 Å². The van der Waals surface area contributed by atoms with E-state index < -0.39 is 0 Å². The molecule has 1 aliphatic rings. The smallest absolute Gasteiger partial charge is 0.232 e. The zero-order valence-corrected chi connectivity index (χ0v) is 11.9. The highest BCUT2D eigenvalue weighted by Crippen LogP contribution is 2.28. The summed E-state index contributed by atoms with van der Waals surface area (Å²) in [7, 11) is 1.86. The summed E-state index contributed by atoms with van der Waals surface area (Å²) < 4.78 is 8.36. The summed E-state index contributed by atoms with van der Waals surface area (Å²) in [5.74, 6) is 5.64. The van der Waals surface area contributed by atoms with Gasteiger partial charge >= 0.3 is 0 Å². The maximum absolute atomic E-state index is 8.08. The fourth-order valence-corrected chi connectivity index (χ4v) is 2.74. The highest BCUT2D eigenvalue weighted by atomic mass is 79.9. The third kappa shape index (κ3) is 2.68. The van der Waals surface area contributed by atoms with Gasteiger partial charge in [0.25, 0.3) is 0 Å². The number of anilines is 1. The van der Waals surface area contributed by atoms with Crippen molar-refractivity contribution in [1.29, 1.82) is 5.41 Å². The third-order valence-corrected chi connectivity index (χ3v) is 3.67. The first-order valence-corrected chi connectivity index (χ1v) is 6.70. The second-order valence-corrected chi connectivity index (χ2v) is 5.21. The van der Waals surface area contributed by atoms with Crippen LogP contribution in [0.5, 0.6) is 0 Å². The molecule has 0 unspecified atom stereocenters. The van der Waals surface area contributed by atoms with Crippen molar-refractivity contribution >= 4 is 27.5 Å². The first-order valence-electron chi connectivity index (χ1n) is 5.91. The van der Waals surface area contributed by atoms with Crippen LogP contribution < -0.4 is 16.6 Å². The van der Waals surface area contributed by atoms with Crippen molar-refractivity contribution < 1.29 is 4.74 Å². The van der Waals surface area contributed by atoms with Gasteiger partial charge in [0.15, 0.2) is 0 Å². The predicted molar refractivity (Wildman–Crippen MR) is 74.7 cm³/mol. The molecule has 0 aliphatic carbocycles. The number of rotatable bonds is 3. The van der Waals surface area contributed by atoms with Gasteiger partial charge in [0.1, 0.15) is 11.8 Å². The normalized spacial score (nSPS) is 16.6. The summed E-state index contributed by atoms with van der Waals surface area (Å²) in [5, 5.41) is 11.4. The number of nitrogen functional groups attached to an aromatic ring is 1. The van der Waals surface area contributed by atoms with Crippen molar-refractivity contribution in [3.8, 4) is 0 Å². The van der Waals surface area contributed by atoms with Crippen molar-refractivity contribution in [2.45, 2.75) is 18.9 Å². The van der Waals surface area contributed by atoms with Crippen molar-refractivity contribution in [2.75, 3.05) is 18.5 Å². The molecule has 18 heavy (non-hydrogen) atoms. The maximum atomic E-state index is 8.08. The van der Waals surface area contributed by atoms with Gasteiger partial charge in [-0.3, -0.25) is 11.3 Å². The SMILES string of the molecule is Cn1cc(Br)c(NN)c1C(=N)OC1CCNCC1. The lowest BCUT2D eigenvalue weighted by Crippen LogP contribution is -2.34. The number of nitrogens with zero attached hydrogens (tertiary/aromatic N) is 1. The van der Waals surface area contributed by atoms with Gasteiger partial charge in [-0.2, -0.15) is 0 Å². The molecule has 1 saturated heterocycles. The number of halogens is 1. The zero-order valence-electron chi connectivity index (χ0n) is 10.3. The minimum absolute atomic E-state index is 0.109. The minimum atomic E-state index is 0.109. The number of nitrogens with one attached hydrogen (secondary N) is 3. The number of piperidine rings is 1. The highest BCUT2D eigenvalue weighted by Gasteiger charge is 2.21. The van der Waals surface area contributed by atoms with E-state index in [4.69, 9.17) is 16.0 Å². The van der Waals surface area contributed by atoms with Crippen LogP contribution >= 0.6 is 15.9 Å². The number of aryl methyl sites for hydroxylation is 1. The lowest BCUT2D eigenvalue weighted by Gasteiger charge is -2.24. The van der Waals surface area contributed by atoms with Gasteiger partial charge in [-0.25, -0.2) is 0 Å². The molecule has 1 aromatic rings. The molecule has 1 aromatic heterocycles. The van der Waals surface area contributed by atoms with E-state index in [0.29, 0.717) is 11.4 Å². The summed E-state index contributed by atoms with van der Waals surface area (Å²) in [6.07, 6.45) is 3.82. The quantitative estimate of drug-likeness (QED) is 0.292. The van der Waals surface area contributed by atoms with E-state index in [2.05, 4.69) is 26.7 Å². The van der Waals surface area contributed by atoms with Crippen molar-refractivity contribution in [3.63, 3.8) is 0 Å². The lowest BCUT2D eigenvalue weighted by molar-refractivity contribution is 0.149. The van der Waals surface area contributed by atoms with E-state index in [9.17, 15) is 0 Å². The van der Waals surface area contributed by atoms with Crippen LogP contribution in [0.15, 0.2) is 10.7 Å². The topological polar surface area (TPSA) is 88.1 Å². The minimum Gasteiger partial charge on any atom is -0.473 e. The standard InChI is InChI=1S/C11H18BrN5O/c1-17-6-8(12)9(16-14)10(17)11(13)18-7-2-4-15-5-3-7/h6-7,13,15-16H,2-5,14H2,1H3. The van der Waals surface area contributed by atoms with Crippen LogP contribution in [-0.4, -0.2) is 29.7 Å². The molecule has 0 amide bonds. The molecule has 2 rings (SSSR count). The van der Waals surface area contributed by atoms with Gasteiger partial charge in [-0.1, -0.05) is 0 Å². The Hall–Kier alpha value is -1.05. The van der Waals surface area contributed by atoms with Gasteiger partial charge in [0.05, 0.1) is 10.2 Å². The molecule has 0 atom stereocenters. The van der Waals surface area contributed by atoms with E-state index in [0.717, 1.165) is 30.4 Å². The molecule has 5 N–H and O–H groups in total. The van der Waals surface area contributed by atoms with Crippen LogP contribution in [0.3, 0.4) is 0 Å². The Balaban J connectivity index is 2.12. The highest BCUT2D eigenvalue weighted by molar-refractivity contribution is 9.10. The summed E-state index contributed by atoms with van der Waals surface area (Å²) in [5.41, 5.74) is 3.93. The molecule has 0 radical (unpaired) electrons. The third-order valence-electron chi connectivity index (χ3n) is 3.07. The van der Waals surface area contributed by atoms with Crippen LogP contribution in [0.4, 0.5) is 5.69 Å². The fourth-order valence-electron chi connectivity index (χ4n) is 2.14. The Bertz CT molecular complexity index is 439. The number of hydrogen-bond donors (Lipinski definition) is 4. The van der Waals surface area contributed by atoms with Gasteiger partial charge in [-0.05, 0) is 41.9 Å². The first kappa shape index (κ1) is 13.4. The van der Waals surface area contributed by atoms with Crippen LogP contribution in [0.1, 0.15) is 18.5 Å². The Morgan fingerprint density at radius 2 is 2.28 bits per heavy atom. The molecule has 1 aliphatic heterocycles. The average molecular weight is 316 g/mol. The van der Waals surface area contributed by atoms with Crippen molar-refractivity contribution in [2.24, 2.45) is 12.9 Å². The summed E-state index contributed by atoms with van der Waals surface area (Å²) in [6, 6.07) is 0. The van der Waals surface area contributed by atoms with E-state index in [1.807, 2.05) is 17.8 Å². The zero-order chi connectivity index (χ0) is 13.1. The van der Waals surface area contributed by atoms with Gasteiger partial charge in [-0.15, -0.1) is 0 Å². The molecule has 0 aromatic carbocycles. The van der Waals surface area contributed by atoms with Gasteiger partial charge in [0.2, 0.25) is 5.90 Å². The molecule has 0 bridgehead atoms. The molecule has 100 valence electrons. The molecule has 7 heteroatoms. The van der Waals surface area contributed by atoms with Crippen LogP contribution in [0.25, 0.3) is 0 Å². The number of ether oxygens (including phenoxy) is 1. The summed E-state index contributed by atoms with van der Waals surface area (Å²) in [6.45, 7) is 1.88. The number of hydrazine groups is 1. The van der Waals surface area contributed by atoms with Crippen LogP contribution in [0.2, 0.25) is 0 Å². The second-order valence-electron chi connectivity index (χ2n) is 4.35. The predicted octanol–water partition coefficient (Wildman–Crippen LogP) is 1.17. The number of nitrogens with two attached hydrogens (primary N) is 1. The molecule has 1 fully saturated rings. The first-order chi connectivity index (χ1) is 8.63. The van der Waals surface area contributed by atoms with Crippen molar-refractivity contribution in [1.82, 2.24) is 9.88 Å². The van der Waals surface area contributed by atoms with E-state index in [1.165, 1.54) is 0 Å². The Morgan fingerprint density at radius 1 is 1.61 bits per heavy atom. The average Bonchev–Trinajstić information content (AvgIpc) is 2.64. The van der Waals surface area contributed by atoms with Crippen LogP contribution in [-0.2, 0) is 11.8 Å². The van der Waals surface area contributed by atoms with E-state index in [1.54, 1.807) is 0 Å². The largest absolute Gasteiger partial charge is 0.473 e. The van der Waals surface area contributed by atoms with E-state index >= 15 is 0 Å².